The zero-order valence-corrected chi connectivity index (χ0v) is 12.0. The summed E-state index contributed by atoms with van der Waals surface area (Å²) in [4.78, 5) is 23.7. The van der Waals surface area contributed by atoms with Crippen LogP contribution in [0.5, 0.6) is 0 Å². The van der Waals surface area contributed by atoms with E-state index in [0.717, 1.165) is 11.4 Å². The van der Waals surface area contributed by atoms with Gasteiger partial charge in [-0.05, 0) is 50.2 Å². The summed E-state index contributed by atoms with van der Waals surface area (Å²) in [5.41, 5.74) is 11.2. The van der Waals surface area contributed by atoms with E-state index in [-0.39, 0.29) is 18.4 Å². The molecule has 2 amide bonds. The van der Waals surface area contributed by atoms with Crippen molar-refractivity contribution in [3.8, 4) is 0 Å². The van der Waals surface area contributed by atoms with Gasteiger partial charge in [-0.15, -0.1) is 0 Å². The average Bonchev–Trinajstić information content (AvgIpc) is 2.77. The predicted molar refractivity (Wildman–Crippen MR) is 81.5 cm³/mol. The van der Waals surface area contributed by atoms with Crippen LogP contribution in [0.3, 0.4) is 0 Å². The highest BCUT2D eigenvalue weighted by Crippen LogP contribution is 2.05. The van der Waals surface area contributed by atoms with Gasteiger partial charge in [0.15, 0.2) is 0 Å². The van der Waals surface area contributed by atoms with Gasteiger partial charge < -0.3 is 11.1 Å². The van der Waals surface area contributed by atoms with E-state index >= 15 is 0 Å². The van der Waals surface area contributed by atoms with Gasteiger partial charge >= 0.3 is 0 Å². The number of hydrogen-bond acceptors (Lipinski definition) is 3. The number of rotatable bonds is 4. The van der Waals surface area contributed by atoms with Crippen LogP contribution in [-0.2, 0) is 4.79 Å². The Bertz CT molecular complexity index is 639. The Morgan fingerprint density at radius 1 is 1.05 bits per heavy atom. The standard InChI is InChI=1S/C15H18N4O2/c1-10-3-4-11(2)19(10)18-14(20)9-17-15(21)12-5-7-13(16)8-6-12/h3-8H,9,16H2,1-2H3,(H,17,21)(H,18,20). The minimum absolute atomic E-state index is 0.0970. The van der Waals surface area contributed by atoms with E-state index in [4.69, 9.17) is 5.73 Å². The molecule has 0 saturated carbocycles. The van der Waals surface area contributed by atoms with Crippen LogP contribution in [0.4, 0.5) is 5.69 Å². The second-order valence-corrected chi connectivity index (χ2v) is 4.79. The summed E-state index contributed by atoms with van der Waals surface area (Å²) in [6, 6.07) is 10.3. The quantitative estimate of drug-likeness (QED) is 0.737. The van der Waals surface area contributed by atoms with Gasteiger partial charge in [0.25, 0.3) is 11.8 Å². The topological polar surface area (TPSA) is 89.2 Å². The number of aromatic nitrogens is 1. The van der Waals surface area contributed by atoms with Gasteiger partial charge in [0, 0.05) is 22.6 Å². The van der Waals surface area contributed by atoms with Crippen molar-refractivity contribution in [2.75, 3.05) is 17.7 Å². The van der Waals surface area contributed by atoms with Crippen molar-refractivity contribution in [1.29, 1.82) is 0 Å². The zero-order chi connectivity index (χ0) is 15.4. The van der Waals surface area contributed by atoms with Crippen LogP contribution in [0.15, 0.2) is 36.4 Å². The Morgan fingerprint density at radius 3 is 2.19 bits per heavy atom. The van der Waals surface area contributed by atoms with E-state index < -0.39 is 0 Å². The number of nitrogens with zero attached hydrogens (tertiary/aromatic N) is 1. The average molecular weight is 286 g/mol. The summed E-state index contributed by atoms with van der Waals surface area (Å²) < 4.78 is 1.68. The number of carbonyl (C=O) groups excluding carboxylic acids is 2. The van der Waals surface area contributed by atoms with Crippen LogP contribution < -0.4 is 16.5 Å². The summed E-state index contributed by atoms with van der Waals surface area (Å²) >= 11 is 0. The van der Waals surface area contributed by atoms with Crippen LogP contribution >= 0.6 is 0 Å². The van der Waals surface area contributed by atoms with E-state index in [1.54, 1.807) is 28.9 Å². The zero-order valence-electron chi connectivity index (χ0n) is 12.0. The second kappa shape index (κ2) is 6.13. The van der Waals surface area contributed by atoms with Gasteiger partial charge in [-0.25, -0.2) is 0 Å². The van der Waals surface area contributed by atoms with Gasteiger partial charge in [-0.2, -0.15) is 0 Å². The molecule has 21 heavy (non-hydrogen) atoms. The Kier molecular flexibility index (Phi) is 4.27. The molecule has 110 valence electrons. The summed E-state index contributed by atoms with van der Waals surface area (Å²) in [6.07, 6.45) is 0. The normalized spacial score (nSPS) is 10.2. The largest absolute Gasteiger partial charge is 0.399 e. The molecule has 6 heteroatoms. The van der Waals surface area contributed by atoms with Gasteiger partial charge in [-0.1, -0.05) is 0 Å². The Morgan fingerprint density at radius 2 is 1.62 bits per heavy atom. The molecule has 0 aliphatic rings. The van der Waals surface area contributed by atoms with E-state index in [1.165, 1.54) is 0 Å². The molecule has 2 rings (SSSR count). The number of nitrogens with one attached hydrogen (secondary N) is 2. The molecule has 0 unspecified atom stereocenters. The lowest BCUT2D eigenvalue weighted by Gasteiger charge is -2.11. The number of benzene rings is 1. The molecule has 1 aromatic carbocycles. The molecule has 0 spiro atoms. The lowest BCUT2D eigenvalue weighted by molar-refractivity contribution is -0.116. The summed E-state index contributed by atoms with van der Waals surface area (Å²) in [5.74, 6) is -0.604. The first-order chi connectivity index (χ1) is 9.97. The molecule has 1 heterocycles. The number of aryl methyl sites for hydroxylation is 2. The van der Waals surface area contributed by atoms with Crippen molar-refractivity contribution < 1.29 is 9.59 Å². The molecule has 0 saturated heterocycles. The third-order valence-corrected chi connectivity index (χ3v) is 3.09. The number of carbonyl (C=O) groups is 2. The highest BCUT2D eigenvalue weighted by molar-refractivity contribution is 5.97. The van der Waals surface area contributed by atoms with E-state index in [1.807, 2.05) is 26.0 Å². The van der Waals surface area contributed by atoms with Crippen LogP contribution in [0.25, 0.3) is 0 Å². The fourth-order valence-corrected chi connectivity index (χ4v) is 1.91. The van der Waals surface area contributed by atoms with Gasteiger partial charge in [0.2, 0.25) is 0 Å². The molecule has 1 aromatic heterocycles. The molecule has 0 bridgehead atoms. The van der Waals surface area contributed by atoms with Gasteiger partial charge in [-0.3, -0.25) is 19.7 Å². The van der Waals surface area contributed by atoms with Gasteiger partial charge in [0.05, 0.1) is 6.54 Å². The Hall–Kier alpha value is -2.76. The fraction of sp³-hybridized carbons (Fsp3) is 0.200. The van der Waals surface area contributed by atoms with Crippen LogP contribution in [0, 0.1) is 13.8 Å². The van der Waals surface area contributed by atoms with Crippen LogP contribution in [-0.4, -0.2) is 23.0 Å². The van der Waals surface area contributed by atoms with Crippen molar-refractivity contribution in [3.63, 3.8) is 0 Å². The molecule has 0 radical (unpaired) electrons. The maximum absolute atomic E-state index is 11.9. The molecule has 0 aliphatic heterocycles. The number of hydrogen-bond donors (Lipinski definition) is 3. The number of nitrogen functional groups attached to an aromatic ring is 1. The first-order valence-corrected chi connectivity index (χ1v) is 6.56. The molecule has 0 atom stereocenters. The molecule has 6 nitrogen and oxygen atoms in total. The molecular formula is C15H18N4O2. The first-order valence-electron chi connectivity index (χ1n) is 6.56. The van der Waals surface area contributed by atoms with Crippen molar-refractivity contribution in [2.45, 2.75) is 13.8 Å². The Balaban J connectivity index is 1.89. The van der Waals surface area contributed by atoms with E-state index in [0.29, 0.717) is 11.3 Å². The number of nitrogens with two attached hydrogens (primary N) is 1. The third-order valence-electron chi connectivity index (χ3n) is 3.09. The first kappa shape index (κ1) is 14.6. The van der Waals surface area contributed by atoms with Crippen molar-refractivity contribution in [2.24, 2.45) is 0 Å². The predicted octanol–water partition coefficient (Wildman–Crippen LogP) is 1.19. The molecular weight excluding hydrogens is 268 g/mol. The van der Waals surface area contributed by atoms with Gasteiger partial charge in [0.1, 0.15) is 0 Å². The van der Waals surface area contributed by atoms with Crippen molar-refractivity contribution in [1.82, 2.24) is 9.99 Å². The number of amides is 2. The maximum Gasteiger partial charge on any atom is 0.258 e. The lowest BCUT2D eigenvalue weighted by atomic mass is 10.2. The summed E-state index contributed by atoms with van der Waals surface area (Å²) in [5, 5.41) is 2.56. The summed E-state index contributed by atoms with van der Waals surface area (Å²) in [7, 11) is 0. The lowest BCUT2D eigenvalue weighted by Crippen LogP contribution is -2.36. The molecule has 0 fully saturated rings. The fourth-order valence-electron chi connectivity index (χ4n) is 1.91. The maximum atomic E-state index is 11.9. The number of anilines is 1. The van der Waals surface area contributed by atoms with Crippen LogP contribution in [0.2, 0.25) is 0 Å². The minimum Gasteiger partial charge on any atom is -0.399 e. The van der Waals surface area contributed by atoms with Crippen LogP contribution in [0.1, 0.15) is 21.7 Å². The highest BCUT2D eigenvalue weighted by Gasteiger charge is 2.09. The smallest absolute Gasteiger partial charge is 0.258 e. The van der Waals surface area contributed by atoms with E-state index in [9.17, 15) is 9.59 Å². The molecule has 4 N–H and O–H groups in total. The molecule has 0 aliphatic carbocycles. The van der Waals surface area contributed by atoms with E-state index in [2.05, 4.69) is 10.7 Å². The second-order valence-electron chi connectivity index (χ2n) is 4.79. The van der Waals surface area contributed by atoms with Crippen molar-refractivity contribution >= 4 is 17.5 Å². The summed E-state index contributed by atoms with van der Waals surface area (Å²) in [6.45, 7) is 3.68. The highest BCUT2D eigenvalue weighted by atomic mass is 16.2. The monoisotopic (exact) mass is 286 g/mol. The SMILES string of the molecule is Cc1ccc(C)n1NC(=O)CNC(=O)c1ccc(N)cc1. The third kappa shape index (κ3) is 3.62. The van der Waals surface area contributed by atoms with Crippen molar-refractivity contribution in [3.05, 3.63) is 53.3 Å². The Labute approximate surface area is 122 Å². The minimum atomic E-state index is -0.314. The molecule has 2 aromatic rings.